The van der Waals surface area contributed by atoms with Crippen molar-refractivity contribution in [1.82, 2.24) is 4.90 Å². The Hall–Kier alpha value is -2.33. The van der Waals surface area contributed by atoms with E-state index in [2.05, 4.69) is 4.90 Å². The van der Waals surface area contributed by atoms with Crippen molar-refractivity contribution in [1.29, 1.82) is 0 Å². The molecule has 0 spiro atoms. The number of fused-ring (bicyclic) bond motifs is 2. The summed E-state index contributed by atoms with van der Waals surface area (Å²) in [6.45, 7) is 3.02. The summed E-state index contributed by atoms with van der Waals surface area (Å²) >= 11 is 0. The van der Waals surface area contributed by atoms with Gasteiger partial charge in [0.2, 0.25) is 5.43 Å². The van der Waals surface area contributed by atoms with Gasteiger partial charge in [-0.15, -0.1) is 0 Å². The van der Waals surface area contributed by atoms with Crippen LogP contribution < -0.4 is 10.2 Å². The molecule has 0 unspecified atom stereocenters. The maximum atomic E-state index is 12.8. The zero-order chi connectivity index (χ0) is 16.5. The number of para-hydroxylation sites is 1. The first kappa shape index (κ1) is 15.2. The number of hydrogen-bond donors (Lipinski definition) is 0. The quantitative estimate of drug-likeness (QED) is 0.685. The summed E-state index contributed by atoms with van der Waals surface area (Å²) in [7, 11) is 1.67. The Labute approximate surface area is 140 Å². The molecule has 4 nitrogen and oxygen atoms in total. The van der Waals surface area contributed by atoms with Crippen LogP contribution in [-0.2, 0) is 6.54 Å². The number of piperidine rings is 1. The lowest BCUT2D eigenvalue weighted by Crippen LogP contribution is -2.29. The normalized spacial score (nSPS) is 15.9. The molecular weight excluding hydrogens is 302 g/mol. The zero-order valence-electron chi connectivity index (χ0n) is 13.9. The molecule has 0 bridgehead atoms. The van der Waals surface area contributed by atoms with Gasteiger partial charge in [0, 0.05) is 18.2 Å². The van der Waals surface area contributed by atoms with Gasteiger partial charge >= 0.3 is 0 Å². The van der Waals surface area contributed by atoms with E-state index in [4.69, 9.17) is 9.15 Å². The predicted molar refractivity (Wildman–Crippen MR) is 95.7 cm³/mol. The summed E-state index contributed by atoms with van der Waals surface area (Å²) in [6, 6.07) is 11.2. The molecule has 1 saturated heterocycles. The molecule has 1 aromatic heterocycles. The predicted octanol–water partition coefficient (Wildman–Crippen LogP) is 3.94. The number of benzene rings is 2. The molecule has 24 heavy (non-hydrogen) atoms. The van der Waals surface area contributed by atoms with Gasteiger partial charge in [0.15, 0.2) is 0 Å². The maximum absolute atomic E-state index is 12.8. The largest absolute Gasteiger partial charge is 0.496 e. The Kier molecular flexibility index (Phi) is 3.98. The van der Waals surface area contributed by atoms with Crippen LogP contribution in [0.25, 0.3) is 21.9 Å². The Bertz CT molecular complexity index is 939. The highest BCUT2D eigenvalue weighted by Crippen LogP contribution is 2.28. The number of nitrogens with zero attached hydrogens (tertiary/aromatic N) is 1. The van der Waals surface area contributed by atoms with Crippen LogP contribution in [0.2, 0.25) is 0 Å². The first-order valence-electron chi connectivity index (χ1n) is 8.51. The molecule has 1 fully saturated rings. The van der Waals surface area contributed by atoms with Crippen LogP contribution >= 0.6 is 0 Å². The highest BCUT2D eigenvalue weighted by Gasteiger charge is 2.16. The van der Waals surface area contributed by atoms with Gasteiger partial charge in [-0.2, -0.15) is 0 Å². The average Bonchev–Trinajstić information content (AvgIpc) is 2.63. The summed E-state index contributed by atoms with van der Waals surface area (Å²) in [4.78, 5) is 15.2. The SMILES string of the molecule is COc1cc2oc3ccccc3c(=O)c2cc1CN1CCCCC1. The van der Waals surface area contributed by atoms with E-state index in [0.717, 1.165) is 30.9 Å². The third-order valence-corrected chi connectivity index (χ3v) is 4.82. The Morgan fingerprint density at radius 2 is 1.83 bits per heavy atom. The van der Waals surface area contributed by atoms with E-state index < -0.39 is 0 Å². The lowest BCUT2D eigenvalue weighted by molar-refractivity contribution is 0.218. The Balaban J connectivity index is 1.85. The first-order chi connectivity index (χ1) is 11.8. The van der Waals surface area contributed by atoms with E-state index in [1.807, 2.05) is 36.4 Å². The van der Waals surface area contributed by atoms with Crippen LogP contribution in [0.1, 0.15) is 24.8 Å². The van der Waals surface area contributed by atoms with Gasteiger partial charge in [-0.3, -0.25) is 9.69 Å². The van der Waals surface area contributed by atoms with E-state index in [1.54, 1.807) is 7.11 Å². The number of likely N-dealkylation sites (tertiary alicyclic amines) is 1. The highest BCUT2D eigenvalue weighted by atomic mass is 16.5. The van der Waals surface area contributed by atoms with Crippen LogP contribution in [0.3, 0.4) is 0 Å². The number of rotatable bonds is 3. The third kappa shape index (κ3) is 2.67. The van der Waals surface area contributed by atoms with Crippen LogP contribution in [0.15, 0.2) is 45.6 Å². The molecular formula is C20H21NO3. The van der Waals surface area contributed by atoms with Gasteiger partial charge in [0.05, 0.1) is 17.9 Å². The number of ether oxygens (including phenoxy) is 1. The summed E-state index contributed by atoms with van der Waals surface area (Å²) in [6.07, 6.45) is 3.78. The van der Waals surface area contributed by atoms with Crippen LogP contribution in [0, 0.1) is 0 Å². The highest BCUT2D eigenvalue weighted by molar-refractivity contribution is 5.90. The smallest absolute Gasteiger partial charge is 0.200 e. The lowest BCUT2D eigenvalue weighted by Gasteiger charge is -2.27. The molecule has 0 aliphatic carbocycles. The maximum Gasteiger partial charge on any atom is 0.200 e. The number of hydrogen-bond acceptors (Lipinski definition) is 4. The van der Waals surface area contributed by atoms with Crippen molar-refractivity contribution in [3.63, 3.8) is 0 Å². The second kappa shape index (κ2) is 6.29. The fourth-order valence-corrected chi connectivity index (χ4v) is 3.55. The topological polar surface area (TPSA) is 42.7 Å². The van der Waals surface area contributed by atoms with Crippen molar-refractivity contribution < 1.29 is 9.15 Å². The van der Waals surface area contributed by atoms with Crippen molar-refractivity contribution in [2.75, 3.05) is 20.2 Å². The lowest BCUT2D eigenvalue weighted by atomic mass is 10.1. The van der Waals surface area contributed by atoms with E-state index in [1.165, 1.54) is 19.3 Å². The van der Waals surface area contributed by atoms with Gasteiger partial charge in [-0.25, -0.2) is 0 Å². The van der Waals surface area contributed by atoms with Crippen LogP contribution in [0.5, 0.6) is 5.75 Å². The number of methoxy groups -OCH3 is 1. The summed E-state index contributed by atoms with van der Waals surface area (Å²) in [5, 5.41) is 1.25. The first-order valence-corrected chi connectivity index (χ1v) is 8.51. The summed E-state index contributed by atoms with van der Waals surface area (Å²) in [5.74, 6) is 0.784. The van der Waals surface area contributed by atoms with Crippen LogP contribution in [-0.4, -0.2) is 25.1 Å². The fraction of sp³-hybridized carbons (Fsp3) is 0.350. The molecule has 0 radical (unpaired) electrons. The zero-order valence-corrected chi connectivity index (χ0v) is 13.9. The molecule has 124 valence electrons. The molecule has 2 aromatic carbocycles. The monoisotopic (exact) mass is 323 g/mol. The van der Waals surface area contributed by atoms with Gasteiger partial charge in [0.25, 0.3) is 0 Å². The van der Waals surface area contributed by atoms with Gasteiger partial charge in [-0.05, 0) is 44.1 Å². The van der Waals surface area contributed by atoms with Gasteiger partial charge in [-0.1, -0.05) is 18.6 Å². The molecule has 1 aliphatic rings. The summed E-state index contributed by atoms with van der Waals surface area (Å²) < 4.78 is 11.5. The minimum Gasteiger partial charge on any atom is -0.496 e. The molecule has 0 atom stereocenters. The molecule has 2 heterocycles. The van der Waals surface area contributed by atoms with E-state index >= 15 is 0 Å². The van der Waals surface area contributed by atoms with Crippen molar-refractivity contribution >= 4 is 21.9 Å². The van der Waals surface area contributed by atoms with E-state index in [9.17, 15) is 4.79 Å². The van der Waals surface area contributed by atoms with Crippen molar-refractivity contribution in [2.45, 2.75) is 25.8 Å². The van der Waals surface area contributed by atoms with E-state index in [0.29, 0.717) is 21.9 Å². The molecule has 3 aromatic rings. The molecule has 0 amide bonds. The summed E-state index contributed by atoms with van der Waals surface area (Å²) in [5.41, 5.74) is 2.27. The Morgan fingerprint density at radius 3 is 2.62 bits per heavy atom. The second-order valence-corrected chi connectivity index (χ2v) is 6.42. The molecule has 0 N–H and O–H groups in total. The van der Waals surface area contributed by atoms with Crippen molar-refractivity contribution in [2.24, 2.45) is 0 Å². The van der Waals surface area contributed by atoms with Gasteiger partial charge in [0.1, 0.15) is 16.9 Å². The molecule has 4 rings (SSSR count). The third-order valence-electron chi connectivity index (χ3n) is 4.82. The standard InChI is InChI=1S/C20H21NO3/c1-23-18-12-19-16(11-14(18)13-21-9-5-2-6-10-21)20(22)15-7-3-4-8-17(15)24-19/h3-4,7-8,11-12H,2,5-6,9-10,13H2,1H3. The minimum absolute atomic E-state index is 0.0226. The molecule has 1 aliphatic heterocycles. The molecule has 0 saturated carbocycles. The average molecular weight is 323 g/mol. The van der Waals surface area contributed by atoms with Gasteiger partial charge < -0.3 is 9.15 Å². The van der Waals surface area contributed by atoms with E-state index in [-0.39, 0.29) is 5.43 Å². The second-order valence-electron chi connectivity index (χ2n) is 6.42. The molecule has 4 heteroatoms. The Morgan fingerprint density at radius 1 is 1.04 bits per heavy atom. The minimum atomic E-state index is 0.0226. The van der Waals surface area contributed by atoms with Crippen LogP contribution in [0.4, 0.5) is 0 Å². The van der Waals surface area contributed by atoms with Crippen molar-refractivity contribution in [3.05, 3.63) is 52.2 Å². The van der Waals surface area contributed by atoms with Crippen molar-refractivity contribution in [3.8, 4) is 5.75 Å². The fourth-order valence-electron chi connectivity index (χ4n) is 3.55.